The predicted molar refractivity (Wildman–Crippen MR) is 73.7 cm³/mol. The predicted octanol–water partition coefficient (Wildman–Crippen LogP) is 3.50. The summed E-state index contributed by atoms with van der Waals surface area (Å²) in [4.78, 5) is 15.2. The van der Waals surface area contributed by atoms with Crippen molar-refractivity contribution >= 4 is 16.9 Å². The number of aromatic carboxylic acids is 1. The molecule has 4 nitrogen and oxygen atoms in total. The third-order valence-corrected chi connectivity index (χ3v) is 2.90. The number of nitrogens with zero attached hydrogens (tertiary/aromatic N) is 1. The molecule has 0 amide bonds. The summed E-state index contributed by atoms with van der Waals surface area (Å²) in [5.74, 6) is -0.441. The van der Waals surface area contributed by atoms with E-state index in [1.807, 2.05) is 18.2 Å². The smallest absolute Gasteiger partial charge is 0.354 e. The fraction of sp³-hybridized carbons (Fsp3) is 0.333. The van der Waals surface area contributed by atoms with E-state index in [9.17, 15) is 4.79 Å². The van der Waals surface area contributed by atoms with Crippen LogP contribution in [0.5, 0.6) is 5.75 Å². The monoisotopic (exact) mass is 259 g/mol. The second kappa shape index (κ2) is 6.18. The van der Waals surface area contributed by atoms with E-state index in [4.69, 9.17) is 9.84 Å². The second-order valence-electron chi connectivity index (χ2n) is 4.38. The number of fused-ring (bicyclic) bond motifs is 1. The van der Waals surface area contributed by atoms with E-state index in [0.717, 1.165) is 24.6 Å². The minimum absolute atomic E-state index is 0.0178. The van der Waals surface area contributed by atoms with Gasteiger partial charge in [0.15, 0.2) is 5.69 Å². The van der Waals surface area contributed by atoms with Gasteiger partial charge in [-0.25, -0.2) is 9.78 Å². The SMILES string of the molecule is CCCCCOc1cc(C(=O)O)nc2ccccc12. The van der Waals surface area contributed by atoms with Gasteiger partial charge in [0.25, 0.3) is 0 Å². The Kier molecular flexibility index (Phi) is 4.34. The highest BCUT2D eigenvalue weighted by molar-refractivity contribution is 5.93. The fourth-order valence-corrected chi connectivity index (χ4v) is 1.91. The van der Waals surface area contributed by atoms with E-state index in [-0.39, 0.29) is 5.69 Å². The fourth-order valence-electron chi connectivity index (χ4n) is 1.91. The summed E-state index contributed by atoms with van der Waals surface area (Å²) in [7, 11) is 0. The molecule has 4 heteroatoms. The highest BCUT2D eigenvalue weighted by atomic mass is 16.5. The summed E-state index contributed by atoms with van der Waals surface area (Å²) < 4.78 is 5.71. The lowest BCUT2D eigenvalue weighted by Gasteiger charge is -2.09. The Morgan fingerprint density at radius 2 is 2.11 bits per heavy atom. The van der Waals surface area contributed by atoms with Gasteiger partial charge in [-0.1, -0.05) is 31.9 Å². The summed E-state index contributed by atoms with van der Waals surface area (Å²) in [6.07, 6.45) is 3.20. The van der Waals surface area contributed by atoms with Crippen LogP contribution in [0.2, 0.25) is 0 Å². The minimum atomic E-state index is -1.04. The van der Waals surface area contributed by atoms with Crippen LogP contribution in [0.4, 0.5) is 0 Å². The van der Waals surface area contributed by atoms with Crippen molar-refractivity contribution in [2.24, 2.45) is 0 Å². The third kappa shape index (κ3) is 3.22. The summed E-state index contributed by atoms with van der Waals surface area (Å²) in [5, 5.41) is 9.91. The first-order valence-corrected chi connectivity index (χ1v) is 6.48. The number of para-hydroxylation sites is 1. The molecule has 0 unspecified atom stereocenters. The number of rotatable bonds is 6. The molecular formula is C15H17NO3. The zero-order chi connectivity index (χ0) is 13.7. The largest absolute Gasteiger partial charge is 0.493 e. The number of carboxylic acids is 1. The molecule has 0 spiro atoms. The van der Waals surface area contributed by atoms with E-state index in [0.29, 0.717) is 17.9 Å². The number of carbonyl (C=O) groups is 1. The van der Waals surface area contributed by atoms with Gasteiger partial charge in [-0.3, -0.25) is 0 Å². The van der Waals surface area contributed by atoms with Gasteiger partial charge in [0.05, 0.1) is 12.1 Å². The maximum Gasteiger partial charge on any atom is 0.354 e. The van der Waals surface area contributed by atoms with Gasteiger partial charge in [0.1, 0.15) is 5.75 Å². The highest BCUT2D eigenvalue weighted by Crippen LogP contribution is 2.25. The van der Waals surface area contributed by atoms with Crippen molar-refractivity contribution in [3.63, 3.8) is 0 Å². The van der Waals surface area contributed by atoms with Crippen LogP contribution >= 0.6 is 0 Å². The Bertz CT molecular complexity index is 581. The van der Waals surface area contributed by atoms with Crippen molar-refractivity contribution < 1.29 is 14.6 Å². The lowest BCUT2D eigenvalue weighted by molar-refractivity contribution is 0.0690. The van der Waals surface area contributed by atoms with Gasteiger partial charge in [-0.05, 0) is 18.6 Å². The first-order chi connectivity index (χ1) is 9.22. The van der Waals surface area contributed by atoms with Gasteiger partial charge in [0, 0.05) is 11.5 Å². The number of aromatic nitrogens is 1. The Morgan fingerprint density at radius 3 is 2.84 bits per heavy atom. The molecule has 1 aromatic heterocycles. The number of benzene rings is 1. The van der Waals surface area contributed by atoms with Crippen LogP contribution in [0.1, 0.15) is 36.7 Å². The zero-order valence-electron chi connectivity index (χ0n) is 10.9. The maximum atomic E-state index is 11.1. The van der Waals surface area contributed by atoms with Gasteiger partial charge >= 0.3 is 5.97 Å². The van der Waals surface area contributed by atoms with E-state index in [2.05, 4.69) is 11.9 Å². The summed E-state index contributed by atoms with van der Waals surface area (Å²) in [5.41, 5.74) is 0.664. The van der Waals surface area contributed by atoms with Crippen molar-refractivity contribution in [3.05, 3.63) is 36.0 Å². The van der Waals surface area contributed by atoms with Crippen molar-refractivity contribution in [1.82, 2.24) is 4.98 Å². The van der Waals surface area contributed by atoms with Crippen LogP contribution in [0.25, 0.3) is 10.9 Å². The lowest BCUT2D eigenvalue weighted by Crippen LogP contribution is -2.04. The molecule has 0 saturated heterocycles. The molecule has 0 atom stereocenters. The maximum absolute atomic E-state index is 11.1. The van der Waals surface area contributed by atoms with Crippen LogP contribution in [-0.4, -0.2) is 22.7 Å². The molecule has 100 valence electrons. The Balaban J connectivity index is 2.31. The Labute approximate surface area is 112 Å². The normalized spacial score (nSPS) is 10.6. The molecule has 0 bridgehead atoms. The number of hydrogen-bond donors (Lipinski definition) is 1. The second-order valence-corrected chi connectivity index (χ2v) is 4.38. The zero-order valence-corrected chi connectivity index (χ0v) is 10.9. The van der Waals surface area contributed by atoms with Gasteiger partial charge < -0.3 is 9.84 Å². The molecule has 1 heterocycles. The molecule has 1 aromatic carbocycles. The van der Waals surface area contributed by atoms with Gasteiger partial charge in [0.2, 0.25) is 0 Å². The highest BCUT2D eigenvalue weighted by Gasteiger charge is 2.11. The number of hydrogen-bond acceptors (Lipinski definition) is 3. The number of carboxylic acid groups (broad SMARTS) is 1. The summed E-state index contributed by atoms with van der Waals surface area (Å²) in [6.45, 7) is 2.73. The lowest BCUT2D eigenvalue weighted by atomic mass is 10.2. The third-order valence-electron chi connectivity index (χ3n) is 2.90. The van der Waals surface area contributed by atoms with Crippen molar-refractivity contribution in [1.29, 1.82) is 0 Å². The average molecular weight is 259 g/mol. The molecule has 1 N–H and O–H groups in total. The standard InChI is InChI=1S/C15H17NO3/c1-2-3-6-9-19-14-10-13(15(17)18)16-12-8-5-4-7-11(12)14/h4-5,7-8,10H,2-3,6,9H2,1H3,(H,17,18). The first-order valence-electron chi connectivity index (χ1n) is 6.48. The van der Waals surface area contributed by atoms with E-state index >= 15 is 0 Å². The number of ether oxygens (including phenoxy) is 1. The molecule has 2 aromatic rings. The first kappa shape index (κ1) is 13.3. The Hall–Kier alpha value is -2.10. The molecule has 2 rings (SSSR count). The van der Waals surface area contributed by atoms with Gasteiger partial charge in [-0.15, -0.1) is 0 Å². The van der Waals surface area contributed by atoms with E-state index in [1.165, 1.54) is 6.07 Å². The molecule has 0 radical (unpaired) electrons. The van der Waals surface area contributed by atoms with Crippen LogP contribution in [0, 0.1) is 0 Å². The molecule has 0 aliphatic carbocycles. The summed E-state index contributed by atoms with van der Waals surface area (Å²) in [6, 6.07) is 8.91. The molecular weight excluding hydrogens is 242 g/mol. The van der Waals surface area contributed by atoms with Crippen LogP contribution in [0.3, 0.4) is 0 Å². The molecule has 0 aliphatic heterocycles. The topological polar surface area (TPSA) is 59.4 Å². The van der Waals surface area contributed by atoms with Crippen molar-refractivity contribution in [2.75, 3.05) is 6.61 Å². The minimum Gasteiger partial charge on any atom is -0.493 e. The number of unbranched alkanes of at least 4 members (excludes halogenated alkanes) is 2. The van der Waals surface area contributed by atoms with Crippen LogP contribution in [0.15, 0.2) is 30.3 Å². The van der Waals surface area contributed by atoms with E-state index < -0.39 is 5.97 Å². The molecule has 0 aliphatic rings. The average Bonchev–Trinajstić information content (AvgIpc) is 2.43. The van der Waals surface area contributed by atoms with E-state index in [1.54, 1.807) is 6.07 Å². The Morgan fingerprint density at radius 1 is 1.32 bits per heavy atom. The van der Waals surface area contributed by atoms with Crippen molar-refractivity contribution in [2.45, 2.75) is 26.2 Å². The number of pyridine rings is 1. The van der Waals surface area contributed by atoms with Gasteiger partial charge in [-0.2, -0.15) is 0 Å². The summed E-state index contributed by atoms with van der Waals surface area (Å²) >= 11 is 0. The van der Waals surface area contributed by atoms with Crippen LogP contribution in [-0.2, 0) is 0 Å². The molecule has 0 fully saturated rings. The van der Waals surface area contributed by atoms with Crippen molar-refractivity contribution in [3.8, 4) is 5.75 Å². The van der Waals surface area contributed by atoms with Crippen LogP contribution < -0.4 is 4.74 Å². The quantitative estimate of drug-likeness (QED) is 0.806. The molecule has 0 saturated carbocycles. The molecule has 19 heavy (non-hydrogen) atoms.